The first-order valence-corrected chi connectivity index (χ1v) is 12.6. The van der Waals surface area contributed by atoms with Crippen LogP contribution in [0.3, 0.4) is 0 Å². The summed E-state index contributed by atoms with van der Waals surface area (Å²) in [5.74, 6) is -0.268. The van der Waals surface area contributed by atoms with Crippen LogP contribution in [0.4, 0.5) is 4.79 Å². The van der Waals surface area contributed by atoms with E-state index in [1.807, 2.05) is 39.0 Å². The fraction of sp³-hybridized carbons (Fsp3) is 0.414. The second-order valence-corrected chi connectivity index (χ2v) is 9.97. The van der Waals surface area contributed by atoms with Gasteiger partial charge in [-0.1, -0.05) is 54.6 Å². The summed E-state index contributed by atoms with van der Waals surface area (Å²) in [6, 6.07) is 17.2. The monoisotopic (exact) mass is 491 g/mol. The predicted octanol–water partition coefficient (Wildman–Crippen LogP) is 4.74. The molecular formula is C29H37N3O4. The van der Waals surface area contributed by atoms with Gasteiger partial charge in [0.05, 0.1) is 5.70 Å². The highest BCUT2D eigenvalue weighted by Gasteiger charge is 2.24. The Bertz CT molecular complexity index is 1070. The Morgan fingerprint density at radius 3 is 2.25 bits per heavy atom. The van der Waals surface area contributed by atoms with Gasteiger partial charge in [-0.2, -0.15) is 0 Å². The average molecular weight is 492 g/mol. The third-order valence-corrected chi connectivity index (χ3v) is 5.74. The highest BCUT2D eigenvalue weighted by atomic mass is 16.6. The Labute approximate surface area is 213 Å². The summed E-state index contributed by atoms with van der Waals surface area (Å²) >= 11 is 0. The van der Waals surface area contributed by atoms with E-state index in [4.69, 9.17) is 4.74 Å². The molecule has 192 valence electrons. The van der Waals surface area contributed by atoms with E-state index >= 15 is 0 Å². The second-order valence-electron chi connectivity index (χ2n) is 9.97. The Morgan fingerprint density at radius 2 is 1.53 bits per heavy atom. The van der Waals surface area contributed by atoms with E-state index in [1.54, 1.807) is 24.3 Å². The molecule has 0 radical (unpaired) electrons. The molecule has 1 amide bonds. The van der Waals surface area contributed by atoms with E-state index in [0.29, 0.717) is 29.9 Å². The zero-order valence-electron chi connectivity index (χ0n) is 21.5. The maximum atomic E-state index is 12.7. The lowest BCUT2D eigenvalue weighted by molar-refractivity contribution is 0.0525. The van der Waals surface area contributed by atoms with Gasteiger partial charge in [-0.3, -0.25) is 14.5 Å². The number of benzene rings is 2. The minimum atomic E-state index is -0.508. The summed E-state index contributed by atoms with van der Waals surface area (Å²) in [4.78, 5) is 39.2. The van der Waals surface area contributed by atoms with Gasteiger partial charge < -0.3 is 15.4 Å². The van der Waals surface area contributed by atoms with Gasteiger partial charge in [-0.25, -0.2) is 4.79 Å². The Hall–Kier alpha value is -3.45. The lowest BCUT2D eigenvalue weighted by atomic mass is 9.93. The van der Waals surface area contributed by atoms with E-state index in [2.05, 4.69) is 27.7 Å². The highest BCUT2D eigenvalue weighted by Crippen LogP contribution is 2.19. The van der Waals surface area contributed by atoms with Gasteiger partial charge in [0.1, 0.15) is 5.60 Å². The number of rotatable bonds is 12. The van der Waals surface area contributed by atoms with Gasteiger partial charge in [0, 0.05) is 43.4 Å². The molecule has 2 aromatic carbocycles. The zero-order chi connectivity index (χ0) is 26.0. The number of ketones is 2. The molecule has 2 aromatic rings. The van der Waals surface area contributed by atoms with Crippen LogP contribution in [0.2, 0.25) is 0 Å². The van der Waals surface area contributed by atoms with E-state index in [-0.39, 0.29) is 11.6 Å². The molecule has 0 spiro atoms. The van der Waals surface area contributed by atoms with Gasteiger partial charge >= 0.3 is 6.09 Å². The van der Waals surface area contributed by atoms with Crippen LogP contribution in [0.5, 0.6) is 0 Å². The second kappa shape index (κ2) is 13.0. The summed E-state index contributed by atoms with van der Waals surface area (Å²) in [7, 11) is 0. The first-order chi connectivity index (χ1) is 17.2. The first kappa shape index (κ1) is 27.1. The van der Waals surface area contributed by atoms with Crippen molar-refractivity contribution in [2.45, 2.75) is 52.2 Å². The molecule has 0 fully saturated rings. The van der Waals surface area contributed by atoms with Crippen molar-refractivity contribution in [3.05, 3.63) is 83.1 Å². The van der Waals surface area contributed by atoms with Crippen molar-refractivity contribution >= 4 is 17.7 Å². The van der Waals surface area contributed by atoms with Crippen LogP contribution in [0.15, 0.2) is 66.4 Å². The number of carbonyl (C=O) groups is 3. The fourth-order valence-corrected chi connectivity index (χ4v) is 4.05. The summed E-state index contributed by atoms with van der Waals surface area (Å²) in [6.07, 6.45) is 3.63. The standard InChI is InChI=1S/C29H37N3O4/c1-29(2,3)36-28(35)31-17-11-19-32(21-22-12-5-4-6-13-22)18-10-9-16-30-25-20-26(33)23-14-7-8-15-24(23)27(25)34/h4-8,12-15,20,30H,9-11,16-19,21H2,1-3H3,(H,31,35). The largest absolute Gasteiger partial charge is 0.444 e. The van der Waals surface area contributed by atoms with Crippen molar-refractivity contribution in [2.75, 3.05) is 26.2 Å². The third kappa shape index (κ3) is 8.64. The number of fused-ring (bicyclic) bond motifs is 1. The van der Waals surface area contributed by atoms with Crippen molar-refractivity contribution in [1.82, 2.24) is 15.5 Å². The number of ether oxygens (including phenoxy) is 1. The van der Waals surface area contributed by atoms with Gasteiger partial charge in [-0.05, 0) is 52.1 Å². The minimum absolute atomic E-state index is 0.131. The van der Waals surface area contributed by atoms with E-state index in [9.17, 15) is 14.4 Å². The molecule has 3 rings (SSSR count). The van der Waals surface area contributed by atoms with Crippen molar-refractivity contribution in [3.8, 4) is 0 Å². The molecule has 0 bridgehead atoms. The van der Waals surface area contributed by atoms with Crippen LogP contribution in [0.1, 0.15) is 66.3 Å². The van der Waals surface area contributed by atoms with Crippen LogP contribution < -0.4 is 10.6 Å². The number of hydrogen-bond donors (Lipinski definition) is 2. The maximum absolute atomic E-state index is 12.7. The predicted molar refractivity (Wildman–Crippen MR) is 141 cm³/mol. The van der Waals surface area contributed by atoms with Gasteiger partial charge in [-0.15, -0.1) is 0 Å². The number of allylic oxidation sites excluding steroid dienone is 2. The number of unbranched alkanes of at least 4 members (excludes halogenated alkanes) is 1. The molecule has 0 atom stereocenters. The highest BCUT2D eigenvalue weighted by molar-refractivity contribution is 6.24. The molecule has 0 saturated carbocycles. The van der Waals surface area contributed by atoms with Crippen LogP contribution in [0, 0.1) is 0 Å². The molecule has 7 nitrogen and oxygen atoms in total. The number of amides is 1. The van der Waals surface area contributed by atoms with Gasteiger partial charge in [0.15, 0.2) is 5.78 Å². The van der Waals surface area contributed by atoms with Crippen LogP contribution >= 0.6 is 0 Å². The van der Waals surface area contributed by atoms with Crippen molar-refractivity contribution in [2.24, 2.45) is 0 Å². The smallest absolute Gasteiger partial charge is 0.407 e. The molecule has 0 saturated heterocycles. The minimum Gasteiger partial charge on any atom is -0.444 e. The number of Topliss-reactive ketones (excluding diaryl/α,β-unsaturated/α-hetero) is 1. The van der Waals surface area contributed by atoms with Crippen LogP contribution in [-0.2, 0) is 11.3 Å². The van der Waals surface area contributed by atoms with E-state index in [0.717, 1.165) is 38.9 Å². The van der Waals surface area contributed by atoms with Gasteiger partial charge in [0.25, 0.3) is 0 Å². The molecule has 36 heavy (non-hydrogen) atoms. The molecule has 0 heterocycles. The number of hydrogen-bond acceptors (Lipinski definition) is 6. The maximum Gasteiger partial charge on any atom is 0.407 e. The summed E-state index contributed by atoms with van der Waals surface area (Å²) in [5, 5.41) is 5.98. The molecule has 2 N–H and O–H groups in total. The summed E-state index contributed by atoms with van der Waals surface area (Å²) in [6.45, 7) is 9.27. The molecule has 0 aliphatic heterocycles. The summed E-state index contributed by atoms with van der Waals surface area (Å²) in [5.41, 5.74) is 2.03. The van der Waals surface area contributed by atoms with Crippen molar-refractivity contribution in [3.63, 3.8) is 0 Å². The summed E-state index contributed by atoms with van der Waals surface area (Å²) < 4.78 is 5.30. The number of alkyl carbamates (subject to hydrolysis) is 1. The molecule has 0 aromatic heterocycles. The molecule has 7 heteroatoms. The van der Waals surface area contributed by atoms with Gasteiger partial charge in [0.2, 0.25) is 5.78 Å². The SMILES string of the molecule is CC(C)(C)OC(=O)NCCCN(CCCCNC1=CC(=O)c2ccccc2C1=O)Cc1ccccc1. The lowest BCUT2D eigenvalue weighted by Gasteiger charge is -2.23. The van der Waals surface area contributed by atoms with E-state index < -0.39 is 11.7 Å². The number of nitrogens with zero attached hydrogens (tertiary/aromatic N) is 1. The molecule has 1 aliphatic carbocycles. The van der Waals surface area contributed by atoms with Crippen molar-refractivity contribution in [1.29, 1.82) is 0 Å². The Morgan fingerprint density at radius 1 is 0.861 bits per heavy atom. The quantitative estimate of drug-likeness (QED) is 0.417. The molecular weight excluding hydrogens is 454 g/mol. The average Bonchev–Trinajstić information content (AvgIpc) is 2.84. The Balaban J connectivity index is 1.43. The van der Waals surface area contributed by atoms with Crippen LogP contribution in [-0.4, -0.2) is 54.3 Å². The first-order valence-electron chi connectivity index (χ1n) is 12.6. The number of carbonyl (C=O) groups excluding carboxylic acids is 3. The third-order valence-electron chi connectivity index (χ3n) is 5.74. The molecule has 0 unspecified atom stereocenters. The van der Waals surface area contributed by atoms with Crippen LogP contribution in [0.25, 0.3) is 0 Å². The molecule has 1 aliphatic rings. The topological polar surface area (TPSA) is 87.7 Å². The normalized spacial score (nSPS) is 13.3. The fourth-order valence-electron chi connectivity index (χ4n) is 4.05. The van der Waals surface area contributed by atoms with E-state index in [1.165, 1.54) is 11.6 Å². The van der Waals surface area contributed by atoms with Crippen molar-refractivity contribution < 1.29 is 19.1 Å². The Kier molecular flexibility index (Phi) is 9.82. The number of nitrogens with one attached hydrogen (secondary N) is 2. The zero-order valence-corrected chi connectivity index (χ0v) is 21.5. The lowest BCUT2D eigenvalue weighted by Crippen LogP contribution is -2.34.